The Labute approximate surface area is 71.2 Å². The van der Waals surface area contributed by atoms with E-state index in [0.717, 1.165) is 5.69 Å². The Balaban J connectivity index is 2.98. The molecule has 0 aliphatic carbocycles. The molecule has 12 heavy (non-hydrogen) atoms. The lowest BCUT2D eigenvalue weighted by Crippen LogP contribution is -2.03. The zero-order valence-electron chi connectivity index (χ0n) is 7.16. The number of hydrogen-bond acceptors (Lipinski definition) is 3. The minimum absolute atomic E-state index is 0.150. The van der Waals surface area contributed by atoms with Gasteiger partial charge in [0.15, 0.2) is 0 Å². The standard InChI is InChI=1S/C9H10N2O/c1-6(2)9(12)8-5-10-7(3)4-11-8/h4-5H,1H2,2-3H3. The highest BCUT2D eigenvalue weighted by atomic mass is 16.1. The number of carbonyl (C=O) groups is 1. The van der Waals surface area contributed by atoms with E-state index in [2.05, 4.69) is 16.5 Å². The molecule has 0 saturated heterocycles. The van der Waals surface area contributed by atoms with Crippen LogP contribution in [0.5, 0.6) is 0 Å². The Morgan fingerprint density at radius 2 is 2.08 bits per heavy atom. The fraction of sp³-hybridized carbons (Fsp3) is 0.222. The van der Waals surface area contributed by atoms with Crippen LogP contribution in [0.15, 0.2) is 24.5 Å². The smallest absolute Gasteiger partial charge is 0.208 e. The lowest BCUT2D eigenvalue weighted by molar-refractivity contribution is 0.103. The van der Waals surface area contributed by atoms with Gasteiger partial charge >= 0.3 is 0 Å². The van der Waals surface area contributed by atoms with Crippen LogP contribution in [0, 0.1) is 6.92 Å². The number of ketones is 1. The van der Waals surface area contributed by atoms with E-state index >= 15 is 0 Å². The van der Waals surface area contributed by atoms with E-state index < -0.39 is 0 Å². The van der Waals surface area contributed by atoms with E-state index in [-0.39, 0.29) is 5.78 Å². The van der Waals surface area contributed by atoms with Gasteiger partial charge in [0.2, 0.25) is 5.78 Å². The first-order valence-electron chi connectivity index (χ1n) is 3.60. The van der Waals surface area contributed by atoms with Crippen LogP contribution >= 0.6 is 0 Å². The summed E-state index contributed by atoms with van der Waals surface area (Å²) in [5.74, 6) is -0.150. The molecule has 0 N–H and O–H groups in total. The Kier molecular flexibility index (Phi) is 2.33. The van der Waals surface area contributed by atoms with Crippen LogP contribution in [0.1, 0.15) is 23.1 Å². The molecule has 0 aliphatic rings. The van der Waals surface area contributed by atoms with E-state index in [1.807, 2.05) is 6.92 Å². The molecule has 0 bridgehead atoms. The Morgan fingerprint density at radius 1 is 1.42 bits per heavy atom. The summed E-state index contributed by atoms with van der Waals surface area (Å²) < 4.78 is 0. The summed E-state index contributed by atoms with van der Waals surface area (Å²) in [4.78, 5) is 19.1. The molecule has 0 spiro atoms. The second-order valence-corrected chi connectivity index (χ2v) is 2.65. The third-order valence-electron chi connectivity index (χ3n) is 1.40. The molecule has 1 aromatic heterocycles. The lowest BCUT2D eigenvalue weighted by Gasteiger charge is -1.97. The lowest BCUT2D eigenvalue weighted by atomic mass is 10.2. The van der Waals surface area contributed by atoms with Crippen molar-refractivity contribution in [1.82, 2.24) is 9.97 Å². The van der Waals surface area contributed by atoms with Gasteiger partial charge in [-0.2, -0.15) is 0 Å². The predicted octanol–water partition coefficient (Wildman–Crippen LogP) is 1.54. The van der Waals surface area contributed by atoms with Crippen molar-refractivity contribution in [3.8, 4) is 0 Å². The quantitative estimate of drug-likeness (QED) is 0.489. The van der Waals surface area contributed by atoms with Gasteiger partial charge < -0.3 is 0 Å². The molecule has 0 unspecified atom stereocenters. The number of rotatable bonds is 2. The summed E-state index contributed by atoms with van der Waals surface area (Å²) in [7, 11) is 0. The topological polar surface area (TPSA) is 42.9 Å². The first kappa shape index (κ1) is 8.59. The number of nitrogens with zero attached hydrogens (tertiary/aromatic N) is 2. The maximum atomic E-state index is 11.3. The molecule has 62 valence electrons. The molecular formula is C9H10N2O. The fourth-order valence-electron chi connectivity index (χ4n) is 0.728. The van der Waals surface area contributed by atoms with Crippen LogP contribution in [0.2, 0.25) is 0 Å². The number of aryl methyl sites for hydroxylation is 1. The van der Waals surface area contributed by atoms with Crippen molar-refractivity contribution in [3.63, 3.8) is 0 Å². The van der Waals surface area contributed by atoms with Gasteiger partial charge in [-0.15, -0.1) is 0 Å². The van der Waals surface area contributed by atoms with Crippen LogP contribution < -0.4 is 0 Å². The van der Waals surface area contributed by atoms with Crippen molar-refractivity contribution in [2.24, 2.45) is 0 Å². The van der Waals surface area contributed by atoms with Crippen molar-refractivity contribution in [2.75, 3.05) is 0 Å². The molecule has 1 aromatic rings. The second kappa shape index (κ2) is 3.26. The van der Waals surface area contributed by atoms with Crippen LogP contribution in [0.25, 0.3) is 0 Å². The van der Waals surface area contributed by atoms with Crippen LogP contribution in [0.4, 0.5) is 0 Å². The average molecular weight is 162 g/mol. The van der Waals surface area contributed by atoms with Crippen molar-refractivity contribution < 1.29 is 4.79 Å². The number of hydrogen-bond donors (Lipinski definition) is 0. The van der Waals surface area contributed by atoms with Gasteiger partial charge in [0.25, 0.3) is 0 Å². The van der Waals surface area contributed by atoms with Gasteiger partial charge in [0.1, 0.15) is 5.69 Å². The van der Waals surface area contributed by atoms with E-state index in [0.29, 0.717) is 11.3 Å². The van der Waals surface area contributed by atoms with E-state index in [1.165, 1.54) is 6.20 Å². The molecule has 1 rings (SSSR count). The Bertz CT molecular complexity index is 314. The molecule has 0 radical (unpaired) electrons. The van der Waals surface area contributed by atoms with E-state index in [9.17, 15) is 4.79 Å². The monoisotopic (exact) mass is 162 g/mol. The SMILES string of the molecule is C=C(C)C(=O)c1cnc(C)cn1. The highest BCUT2D eigenvalue weighted by molar-refractivity contribution is 6.06. The van der Waals surface area contributed by atoms with Crippen molar-refractivity contribution in [2.45, 2.75) is 13.8 Å². The van der Waals surface area contributed by atoms with Gasteiger partial charge in [0.05, 0.1) is 11.9 Å². The van der Waals surface area contributed by atoms with Crippen LogP contribution in [0.3, 0.4) is 0 Å². The maximum Gasteiger partial charge on any atom is 0.208 e. The van der Waals surface area contributed by atoms with E-state index in [1.54, 1.807) is 13.1 Å². The zero-order chi connectivity index (χ0) is 9.14. The first-order valence-corrected chi connectivity index (χ1v) is 3.60. The summed E-state index contributed by atoms with van der Waals surface area (Å²) in [5.41, 5.74) is 1.63. The predicted molar refractivity (Wildman–Crippen MR) is 45.9 cm³/mol. The van der Waals surface area contributed by atoms with Crippen LogP contribution in [-0.2, 0) is 0 Å². The average Bonchev–Trinajstić information content (AvgIpc) is 2.04. The molecule has 0 saturated carbocycles. The van der Waals surface area contributed by atoms with Crippen molar-refractivity contribution in [3.05, 3.63) is 35.9 Å². The summed E-state index contributed by atoms with van der Waals surface area (Å²) in [6.45, 7) is 7.01. The summed E-state index contributed by atoms with van der Waals surface area (Å²) in [5, 5.41) is 0. The number of Topliss-reactive ketones (excluding diaryl/α,β-unsaturated/α-hetero) is 1. The molecule has 0 aliphatic heterocycles. The Morgan fingerprint density at radius 3 is 2.50 bits per heavy atom. The normalized spacial score (nSPS) is 9.50. The highest BCUT2D eigenvalue weighted by Gasteiger charge is 2.06. The number of carbonyl (C=O) groups excluding carboxylic acids is 1. The van der Waals surface area contributed by atoms with Gasteiger partial charge in [-0.1, -0.05) is 6.58 Å². The highest BCUT2D eigenvalue weighted by Crippen LogP contribution is 2.01. The Hall–Kier alpha value is -1.51. The molecule has 1 heterocycles. The van der Waals surface area contributed by atoms with E-state index in [4.69, 9.17) is 0 Å². The van der Waals surface area contributed by atoms with Crippen molar-refractivity contribution >= 4 is 5.78 Å². The van der Waals surface area contributed by atoms with Gasteiger partial charge in [0, 0.05) is 6.20 Å². The molecule has 0 amide bonds. The number of allylic oxidation sites excluding steroid dienone is 1. The zero-order valence-corrected chi connectivity index (χ0v) is 7.16. The molecule has 0 atom stereocenters. The third kappa shape index (κ3) is 1.75. The molecule has 0 fully saturated rings. The first-order chi connectivity index (χ1) is 5.61. The maximum absolute atomic E-state index is 11.3. The summed E-state index contributed by atoms with van der Waals surface area (Å²) >= 11 is 0. The largest absolute Gasteiger partial charge is 0.287 e. The van der Waals surface area contributed by atoms with Gasteiger partial charge in [-0.25, -0.2) is 4.98 Å². The summed E-state index contributed by atoms with van der Waals surface area (Å²) in [6, 6.07) is 0. The second-order valence-electron chi connectivity index (χ2n) is 2.65. The molecule has 3 heteroatoms. The van der Waals surface area contributed by atoms with Crippen molar-refractivity contribution in [1.29, 1.82) is 0 Å². The minimum atomic E-state index is -0.150. The number of aromatic nitrogens is 2. The molecule has 0 aromatic carbocycles. The molecule has 3 nitrogen and oxygen atoms in total. The third-order valence-corrected chi connectivity index (χ3v) is 1.40. The minimum Gasteiger partial charge on any atom is -0.287 e. The van der Waals surface area contributed by atoms with Crippen LogP contribution in [-0.4, -0.2) is 15.8 Å². The van der Waals surface area contributed by atoms with Gasteiger partial charge in [-0.05, 0) is 19.4 Å². The fourth-order valence-corrected chi connectivity index (χ4v) is 0.728. The summed E-state index contributed by atoms with van der Waals surface area (Å²) in [6.07, 6.45) is 3.03. The van der Waals surface area contributed by atoms with Gasteiger partial charge in [-0.3, -0.25) is 9.78 Å². The molecular weight excluding hydrogens is 152 g/mol.